The van der Waals surface area contributed by atoms with Crippen LogP contribution in [0.15, 0.2) is 16.7 Å². The summed E-state index contributed by atoms with van der Waals surface area (Å²) in [7, 11) is 0. The predicted octanol–water partition coefficient (Wildman–Crippen LogP) is 2.08. The Balaban J connectivity index is 1.59. The van der Waals surface area contributed by atoms with Crippen molar-refractivity contribution in [1.82, 2.24) is 10.1 Å². The number of hydrogen-bond donors (Lipinski definition) is 2. The Morgan fingerprint density at radius 3 is 2.78 bits per heavy atom. The van der Waals surface area contributed by atoms with E-state index < -0.39 is 0 Å². The number of nitrogens with zero attached hydrogens (tertiary/aromatic N) is 2. The first-order valence-electron chi connectivity index (χ1n) is 7.34. The number of nitrogens with two attached hydrogens (primary N) is 1. The third-order valence-corrected chi connectivity index (χ3v) is 3.38. The van der Waals surface area contributed by atoms with Gasteiger partial charge >= 0.3 is 0 Å². The van der Waals surface area contributed by atoms with E-state index >= 15 is 0 Å². The van der Waals surface area contributed by atoms with E-state index in [1.165, 1.54) is 0 Å². The molecule has 0 radical (unpaired) electrons. The maximum Gasteiger partial charge on any atom is 0.231 e. The first kappa shape index (κ1) is 15.1. The van der Waals surface area contributed by atoms with Gasteiger partial charge in [-0.1, -0.05) is 19.0 Å². The van der Waals surface area contributed by atoms with Crippen LogP contribution >= 0.6 is 0 Å². The largest absolute Gasteiger partial charge is 0.454 e. The van der Waals surface area contributed by atoms with Gasteiger partial charge in [-0.3, -0.25) is 4.79 Å². The molecule has 1 amide bonds. The van der Waals surface area contributed by atoms with E-state index in [2.05, 4.69) is 15.5 Å². The first-order chi connectivity index (χ1) is 11.0. The Morgan fingerprint density at radius 1 is 1.35 bits per heavy atom. The number of ether oxygens (including phenoxy) is 2. The lowest BCUT2D eigenvalue weighted by Crippen LogP contribution is -2.13. The second-order valence-corrected chi connectivity index (χ2v) is 5.54. The highest BCUT2D eigenvalue weighted by Crippen LogP contribution is 2.38. The quantitative estimate of drug-likeness (QED) is 0.811. The zero-order valence-corrected chi connectivity index (χ0v) is 13.0. The van der Waals surface area contributed by atoms with Crippen LogP contribution in [-0.2, 0) is 11.2 Å². The maximum atomic E-state index is 12.1. The summed E-state index contributed by atoms with van der Waals surface area (Å²) in [6.45, 7) is 4.11. The van der Waals surface area contributed by atoms with Gasteiger partial charge in [-0.25, -0.2) is 0 Å². The fourth-order valence-corrected chi connectivity index (χ4v) is 2.10. The van der Waals surface area contributed by atoms with Crippen LogP contribution in [-0.4, -0.2) is 22.8 Å². The lowest BCUT2D eigenvalue weighted by Gasteiger charge is -2.08. The zero-order chi connectivity index (χ0) is 16.4. The number of benzene rings is 1. The van der Waals surface area contributed by atoms with Crippen LogP contribution < -0.4 is 20.5 Å². The van der Waals surface area contributed by atoms with E-state index in [1.807, 2.05) is 13.8 Å². The Kier molecular flexibility index (Phi) is 4.05. The highest BCUT2D eigenvalue weighted by atomic mass is 16.7. The number of aryl methyl sites for hydroxylation is 1. The average Bonchev–Trinajstić information content (AvgIpc) is 3.14. The summed E-state index contributed by atoms with van der Waals surface area (Å²) in [5, 5.41) is 6.61. The summed E-state index contributed by atoms with van der Waals surface area (Å²) in [5.41, 5.74) is 6.81. The minimum atomic E-state index is -0.195. The molecule has 0 aliphatic carbocycles. The van der Waals surface area contributed by atoms with Crippen LogP contribution in [0.3, 0.4) is 0 Å². The van der Waals surface area contributed by atoms with Crippen molar-refractivity contribution >= 4 is 17.3 Å². The van der Waals surface area contributed by atoms with Crippen molar-refractivity contribution in [1.29, 1.82) is 0 Å². The van der Waals surface area contributed by atoms with Crippen molar-refractivity contribution in [3.05, 3.63) is 23.8 Å². The van der Waals surface area contributed by atoms with E-state index in [4.69, 9.17) is 19.7 Å². The zero-order valence-electron chi connectivity index (χ0n) is 13.0. The van der Waals surface area contributed by atoms with Crippen LogP contribution in [0.4, 0.5) is 11.4 Å². The molecule has 3 rings (SSSR count). The molecular formula is C15H18N4O4. The minimum Gasteiger partial charge on any atom is -0.454 e. The molecule has 0 saturated heterocycles. The van der Waals surface area contributed by atoms with Crippen LogP contribution in [0.2, 0.25) is 0 Å². The molecule has 0 atom stereocenters. The van der Waals surface area contributed by atoms with Crippen molar-refractivity contribution in [2.45, 2.75) is 32.6 Å². The monoisotopic (exact) mass is 318 g/mol. The number of nitrogen functional groups attached to an aromatic ring is 1. The third-order valence-electron chi connectivity index (χ3n) is 3.38. The van der Waals surface area contributed by atoms with Gasteiger partial charge in [0.15, 0.2) is 17.3 Å². The topological polar surface area (TPSA) is 113 Å². The van der Waals surface area contributed by atoms with Crippen LogP contribution in [0.5, 0.6) is 11.5 Å². The van der Waals surface area contributed by atoms with E-state index in [0.717, 1.165) is 0 Å². The number of aromatic nitrogens is 2. The van der Waals surface area contributed by atoms with E-state index in [-0.39, 0.29) is 25.0 Å². The maximum absolute atomic E-state index is 12.1. The van der Waals surface area contributed by atoms with Gasteiger partial charge in [-0.05, 0) is 0 Å². The molecule has 0 fully saturated rings. The van der Waals surface area contributed by atoms with Crippen LogP contribution in [0.1, 0.15) is 37.9 Å². The number of hydrogen-bond acceptors (Lipinski definition) is 7. The van der Waals surface area contributed by atoms with Crippen molar-refractivity contribution < 1.29 is 18.8 Å². The Bertz CT molecular complexity index is 726. The lowest BCUT2D eigenvalue weighted by molar-refractivity contribution is -0.116. The molecule has 23 heavy (non-hydrogen) atoms. The molecule has 1 aliphatic heterocycles. The summed E-state index contributed by atoms with van der Waals surface area (Å²) < 4.78 is 15.6. The summed E-state index contributed by atoms with van der Waals surface area (Å²) in [5.74, 6) is 2.22. The molecule has 8 heteroatoms. The number of fused-ring (bicyclic) bond motifs is 1. The molecule has 2 heterocycles. The van der Waals surface area contributed by atoms with Crippen molar-refractivity contribution in [2.75, 3.05) is 17.8 Å². The SMILES string of the molecule is CC(C)c1noc(CCC(=O)Nc2cc3c(cc2N)OCO3)n1. The normalized spacial score (nSPS) is 12.7. The van der Waals surface area contributed by atoms with Gasteiger partial charge in [0.05, 0.1) is 11.4 Å². The lowest BCUT2D eigenvalue weighted by atomic mass is 10.2. The molecule has 0 bridgehead atoms. The van der Waals surface area contributed by atoms with Crippen LogP contribution in [0, 0.1) is 0 Å². The standard InChI is InChI=1S/C15H18N4O4/c1-8(2)15-18-14(23-19-15)4-3-13(20)17-10-6-12-11(5-9(10)16)21-7-22-12/h5-6,8H,3-4,7,16H2,1-2H3,(H,17,20). The third kappa shape index (κ3) is 3.36. The molecule has 1 aromatic heterocycles. The molecule has 0 unspecified atom stereocenters. The van der Waals surface area contributed by atoms with Gasteiger partial charge in [-0.2, -0.15) is 4.98 Å². The number of carbonyl (C=O) groups is 1. The van der Waals surface area contributed by atoms with E-state index in [9.17, 15) is 4.79 Å². The van der Waals surface area contributed by atoms with Gasteiger partial charge in [0.25, 0.3) is 0 Å². The van der Waals surface area contributed by atoms with Gasteiger partial charge < -0.3 is 25.0 Å². The first-order valence-corrected chi connectivity index (χ1v) is 7.34. The van der Waals surface area contributed by atoms with Crippen molar-refractivity contribution in [3.63, 3.8) is 0 Å². The number of anilines is 2. The summed E-state index contributed by atoms with van der Waals surface area (Å²) >= 11 is 0. The smallest absolute Gasteiger partial charge is 0.231 e. The number of amides is 1. The van der Waals surface area contributed by atoms with Gasteiger partial charge in [0.1, 0.15) is 0 Å². The van der Waals surface area contributed by atoms with Crippen LogP contribution in [0.25, 0.3) is 0 Å². The molecule has 2 aromatic rings. The molecule has 3 N–H and O–H groups in total. The molecular weight excluding hydrogens is 300 g/mol. The van der Waals surface area contributed by atoms with E-state index in [1.54, 1.807) is 12.1 Å². The number of carbonyl (C=O) groups excluding carboxylic acids is 1. The summed E-state index contributed by atoms with van der Waals surface area (Å²) in [6, 6.07) is 3.28. The Morgan fingerprint density at radius 2 is 2.09 bits per heavy atom. The predicted molar refractivity (Wildman–Crippen MR) is 82.3 cm³/mol. The second-order valence-electron chi connectivity index (χ2n) is 5.54. The van der Waals surface area contributed by atoms with Gasteiger partial charge in [-0.15, -0.1) is 0 Å². The Labute approximate surface area is 133 Å². The molecule has 1 aromatic carbocycles. The number of rotatable bonds is 5. The highest BCUT2D eigenvalue weighted by Gasteiger charge is 2.17. The number of nitrogens with one attached hydrogen (secondary N) is 1. The molecule has 122 valence electrons. The molecule has 8 nitrogen and oxygen atoms in total. The van der Waals surface area contributed by atoms with Crippen molar-refractivity contribution in [2.24, 2.45) is 0 Å². The molecule has 0 saturated carbocycles. The average molecular weight is 318 g/mol. The minimum absolute atomic E-state index is 0.154. The van der Waals surface area contributed by atoms with E-state index in [0.29, 0.717) is 41.0 Å². The highest BCUT2D eigenvalue weighted by molar-refractivity contribution is 5.94. The fourth-order valence-electron chi connectivity index (χ4n) is 2.10. The second kappa shape index (κ2) is 6.15. The van der Waals surface area contributed by atoms with Crippen molar-refractivity contribution in [3.8, 4) is 11.5 Å². The summed E-state index contributed by atoms with van der Waals surface area (Å²) in [4.78, 5) is 16.3. The molecule has 1 aliphatic rings. The fraction of sp³-hybridized carbons (Fsp3) is 0.400. The molecule has 0 spiro atoms. The van der Waals surface area contributed by atoms with Gasteiger partial charge in [0, 0.05) is 30.9 Å². The van der Waals surface area contributed by atoms with Gasteiger partial charge in [0.2, 0.25) is 18.6 Å². The Hall–Kier alpha value is -2.77. The summed E-state index contributed by atoms with van der Waals surface area (Å²) in [6.07, 6.45) is 0.587.